The minimum Gasteiger partial charge on any atom is -0.467 e. The Morgan fingerprint density at radius 3 is 2.87 bits per heavy atom. The third-order valence-corrected chi connectivity index (χ3v) is 5.24. The van der Waals surface area contributed by atoms with Crippen LogP contribution in [0.4, 0.5) is 4.39 Å². The zero-order valence-electron chi connectivity index (χ0n) is 16.2. The van der Waals surface area contributed by atoms with E-state index >= 15 is 0 Å². The largest absolute Gasteiger partial charge is 0.467 e. The lowest BCUT2D eigenvalue weighted by atomic mass is 10.3. The minimum atomic E-state index is -0.396. The lowest BCUT2D eigenvalue weighted by molar-refractivity contribution is 0.0654. The van der Waals surface area contributed by atoms with Gasteiger partial charge in [0.15, 0.2) is 5.82 Å². The molecule has 0 N–H and O–H groups in total. The van der Waals surface area contributed by atoms with Crippen molar-refractivity contribution in [2.24, 2.45) is 0 Å². The van der Waals surface area contributed by atoms with Crippen molar-refractivity contribution in [3.63, 3.8) is 0 Å². The number of aromatic nitrogens is 3. The number of hydrogen-bond acceptors (Lipinski definition) is 6. The van der Waals surface area contributed by atoms with Crippen molar-refractivity contribution in [3.8, 4) is 16.4 Å². The van der Waals surface area contributed by atoms with E-state index in [1.165, 1.54) is 28.2 Å². The Labute approximate surface area is 176 Å². The molecule has 0 fully saturated rings. The maximum Gasteiger partial charge on any atom is 0.294 e. The average molecular weight is 426 g/mol. The number of carbonyl (C=O) groups is 1. The number of nitrogens with zero attached hydrogens (tertiary/aromatic N) is 4. The standard InChI is InChI=1S/C21H19FN4O3S/c1-28-11-9-25(14-17-7-3-10-29-17)21(27)19-23-20(18-8-4-12-30-18)26(24-19)16-6-2-5-15(22)13-16/h2-8,10,12-13H,9,11,14H2,1H3. The lowest BCUT2D eigenvalue weighted by Crippen LogP contribution is -2.34. The van der Waals surface area contributed by atoms with Crippen LogP contribution in [0.5, 0.6) is 0 Å². The summed E-state index contributed by atoms with van der Waals surface area (Å²) in [6.45, 7) is 0.964. The van der Waals surface area contributed by atoms with Gasteiger partial charge in [0.25, 0.3) is 5.91 Å². The molecule has 4 aromatic rings. The van der Waals surface area contributed by atoms with E-state index in [9.17, 15) is 9.18 Å². The summed E-state index contributed by atoms with van der Waals surface area (Å²) in [5, 5.41) is 6.32. The molecule has 7 nitrogen and oxygen atoms in total. The number of halogens is 1. The average Bonchev–Trinajstić information content (AvgIpc) is 3.51. The number of thiophene rings is 1. The van der Waals surface area contributed by atoms with E-state index in [4.69, 9.17) is 9.15 Å². The number of methoxy groups -OCH3 is 1. The van der Waals surface area contributed by atoms with Crippen LogP contribution in [0.1, 0.15) is 16.4 Å². The van der Waals surface area contributed by atoms with Crippen LogP contribution >= 0.6 is 11.3 Å². The number of furan rings is 1. The molecule has 0 aliphatic heterocycles. The number of benzene rings is 1. The second-order valence-electron chi connectivity index (χ2n) is 6.43. The molecule has 0 radical (unpaired) electrons. The van der Waals surface area contributed by atoms with Gasteiger partial charge in [0.2, 0.25) is 5.82 Å². The molecule has 3 heterocycles. The Morgan fingerprint density at radius 2 is 2.17 bits per heavy atom. The van der Waals surface area contributed by atoms with Crippen LogP contribution in [0.3, 0.4) is 0 Å². The summed E-state index contributed by atoms with van der Waals surface area (Å²) < 4.78 is 25.8. The van der Waals surface area contributed by atoms with Gasteiger partial charge in [-0.15, -0.1) is 16.4 Å². The Balaban J connectivity index is 1.72. The van der Waals surface area contributed by atoms with E-state index in [0.29, 0.717) is 30.4 Å². The third kappa shape index (κ3) is 4.32. The molecule has 30 heavy (non-hydrogen) atoms. The molecule has 1 aromatic carbocycles. The van der Waals surface area contributed by atoms with Crippen molar-refractivity contribution in [1.29, 1.82) is 0 Å². The molecule has 0 saturated heterocycles. The van der Waals surface area contributed by atoms with Gasteiger partial charge in [0, 0.05) is 13.7 Å². The molecule has 9 heteroatoms. The summed E-state index contributed by atoms with van der Waals surface area (Å²) in [6.07, 6.45) is 1.56. The molecule has 154 valence electrons. The van der Waals surface area contributed by atoms with Gasteiger partial charge < -0.3 is 14.1 Å². The van der Waals surface area contributed by atoms with Crippen LogP contribution in [-0.4, -0.2) is 45.8 Å². The highest BCUT2D eigenvalue weighted by molar-refractivity contribution is 7.13. The number of carbonyl (C=O) groups excluding carboxylic acids is 1. The van der Waals surface area contributed by atoms with Crippen LogP contribution in [0.2, 0.25) is 0 Å². The van der Waals surface area contributed by atoms with Crippen molar-refractivity contribution in [3.05, 3.63) is 77.6 Å². The summed E-state index contributed by atoms with van der Waals surface area (Å²) >= 11 is 1.46. The molecule has 0 aliphatic carbocycles. The molecule has 4 rings (SSSR count). The predicted molar refractivity (Wildman–Crippen MR) is 110 cm³/mol. The normalized spacial score (nSPS) is 11.0. The zero-order chi connectivity index (χ0) is 20.9. The Kier molecular flexibility index (Phi) is 6.01. The SMILES string of the molecule is COCCN(Cc1ccco1)C(=O)c1nc(-c2cccs2)n(-c2cccc(F)c2)n1. The highest BCUT2D eigenvalue weighted by Gasteiger charge is 2.24. The third-order valence-electron chi connectivity index (χ3n) is 4.37. The summed E-state index contributed by atoms with van der Waals surface area (Å²) in [6, 6.07) is 13.3. The quantitative estimate of drug-likeness (QED) is 0.426. The van der Waals surface area contributed by atoms with Crippen molar-refractivity contribution in [2.45, 2.75) is 6.54 Å². The van der Waals surface area contributed by atoms with Gasteiger partial charge in [-0.05, 0) is 41.8 Å². The van der Waals surface area contributed by atoms with E-state index in [1.54, 1.807) is 42.5 Å². The molecule has 1 amide bonds. The Bertz CT molecular complexity index is 1110. The molecule has 0 spiro atoms. The van der Waals surface area contributed by atoms with Crippen LogP contribution in [-0.2, 0) is 11.3 Å². The molecular weight excluding hydrogens is 407 g/mol. The monoisotopic (exact) mass is 426 g/mol. The smallest absolute Gasteiger partial charge is 0.294 e. The molecular formula is C21H19FN4O3S. The maximum atomic E-state index is 13.8. The van der Waals surface area contributed by atoms with Crippen LogP contribution < -0.4 is 0 Å². The first kappa shape index (κ1) is 20.0. The Morgan fingerprint density at radius 1 is 1.27 bits per heavy atom. The lowest BCUT2D eigenvalue weighted by Gasteiger charge is -2.19. The van der Waals surface area contributed by atoms with Crippen molar-refractivity contribution >= 4 is 17.2 Å². The molecule has 0 saturated carbocycles. The summed E-state index contributed by atoms with van der Waals surface area (Å²) in [7, 11) is 1.57. The number of hydrogen-bond donors (Lipinski definition) is 0. The van der Waals surface area contributed by atoms with Crippen molar-refractivity contribution in [2.75, 3.05) is 20.3 Å². The van der Waals surface area contributed by atoms with Crippen LogP contribution in [0, 0.1) is 5.82 Å². The topological polar surface area (TPSA) is 73.4 Å². The van der Waals surface area contributed by atoms with Gasteiger partial charge in [-0.1, -0.05) is 12.1 Å². The van der Waals surface area contributed by atoms with Crippen molar-refractivity contribution < 1.29 is 18.3 Å². The fraction of sp³-hybridized carbons (Fsp3) is 0.190. The first-order valence-electron chi connectivity index (χ1n) is 9.23. The first-order valence-corrected chi connectivity index (χ1v) is 10.1. The number of rotatable bonds is 8. The second-order valence-corrected chi connectivity index (χ2v) is 7.37. The van der Waals surface area contributed by atoms with E-state index in [2.05, 4.69) is 10.1 Å². The van der Waals surface area contributed by atoms with Crippen LogP contribution in [0.15, 0.2) is 64.6 Å². The first-order chi connectivity index (χ1) is 14.7. The maximum absolute atomic E-state index is 13.8. The second kappa shape index (κ2) is 9.02. The van der Waals surface area contributed by atoms with Gasteiger partial charge in [-0.25, -0.2) is 14.1 Å². The van der Waals surface area contributed by atoms with E-state index in [1.807, 2.05) is 17.5 Å². The van der Waals surface area contributed by atoms with Crippen molar-refractivity contribution in [1.82, 2.24) is 19.7 Å². The molecule has 0 atom stereocenters. The highest BCUT2D eigenvalue weighted by Crippen LogP contribution is 2.26. The van der Waals surface area contributed by atoms with E-state index < -0.39 is 5.82 Å². The number of amides is 1. The molecule has 0 aliphatic rings. The van der Waals surface area contributed by atoms with Gasteiger partial charge in [-0.3, -0.25) is 4.79 Å². The Hall–Kier alpha value is -3.30. The van der Waals surface area contributed by atoms with Gasteiger partial charge in [0.1, 0.15) is 11.6 Å². The van der Waals surface area contributed by atoms with Gasteiger partial charge in [0.05, 0.1) is 30.0 Å². The van der Waals surface area contributed by atoms with Crippen LogP contribution in [0.25, 0.3) is 16.4 Å². The zero-order valence-corrected chi connectivity index (χ0v) is 17.0. The summed E-state index contributed by atoms with van der Waals surface area (Å²) in [5.41, 5.74) is 0.486. The number of ether oxygens (including phenoxy) is 1. The minimum absolute atomic E-state index is 0.0188. The van der Waals surface area contributed by atoms with Gasteiger partial charge in [-0.2, -0.15) is 0 Å². The van der Waals surface area contributed by atoms with E-state index in [-0.39, 0.29) is 18.3 Å². The fourth-order valence-corrected chi connectivity index (χ4v) is 3.64. The molecule has 3 aromatic heterocycles. The van der Waals surface area contributed by atoms with Gasteiger partial charge >= 0.3 is 0 Å². The summed E-state index contributed by atoms with van der Waals surface area (Å²) in [5.74, 6) is 0.375. The summed E-state index contributed by atoms with van der Waals surface area (Å²) in [4.78, 5) is 20.1. The highest BCUT2D eigenvalue weighted by atomic mass is 32.1. The molecule has 0 unspecified atom stereocenters. The van der Waals surface area contributed by atoms with E-state index in [0.717, 1.165) is 4.88 Å². The predicted octanol–water partition coefficient (Wildman–Crippen LogP) is 4.02. The fourth-order valence-electron chi connectivity index (χ4n) is 2.94. The molecule has 0 bridgehead atoms.